The van der Waals surface area contributed by atoms with Crippen LogP contribution in [0.5, 0.6) is 0 Å². The quantitative estimate of drug-likeness (QED) is 0.798. The monoisotopic (exact) mass is 193 g/mol. The zero-order chi connectivity index (χ0) is 10.6. The van der Waals surface area contributed by atoms with Crippen molar-refractivity contribution in [2.75, 3.05) is 6.54 Å². The summed E-state index contributed by atoms with van der Waals surface area (Å²) in [6.07, 6.45) is 2.98. The molecule has 0 fully saturated rings. The molecule has 0 saturated carbocycles. The molecule has 2 N–H and O–H groups in total. The molecule has 78 valence electrons. The molecule has 0 amide bonds. The fraction of sp³-hybridized carbons (Fsp3) is 0.500. The van der Waals surface area contributed by atoms with Crippen molar-refractivity contribution >= 4 is 6.08 Å². The average Bonchev–Trinajstić information content (AvgIpc) is 2.61. The van der Waals surface area contributed by atoms with Crippen molar-refractivity contribution in [3.8, 4) is 0 Å². The third-order valence-electron chi connectivity index (χ3n) is 2.34. The van der Waals surface area contributed by atoms with Crippen molar-refractivity contribution in [3.63, 3.8) is 0 Å². The molecule has 0 atom stereocenters. The van der Waals surface area contributed by atoms with Gasteiger partial charge in [-0.2, -0.15) is 0 Å². The Morgan fingerprint density at radius 2 is 2.21 bits per heavy atom. The third-order valence-corrected chi connectivity index (χ3v) is 2.34. The molecule has 0 saturated heterocycles. The Balaban J connectivity index is 2.83. The first-order valence-corrected chi connectivity index (χ1v) is 5.16. The largest absolute Gasteiger partial charge is 0.462 e. The Morgan fingerprint density at radius 3 is 2.64 bits per heavy atom. The summed E-state index contributed by atoms with van der Waals surface area (Å²) in [6, 6.07) is 4.01. The second-order valence-corrected chi connectivity index (χ2v) is 3.74. The van der Waals surface area contributed by atoms with Crippen LogP contribution in [-0.4, -0.2) is 6.54 Å². The van der Waals surface area contributed by atoms with E-state index in [0.29, 0.717) is 12.5 Å². The zero-order valence-corrected chi connectivity index (χ0v) is 9.21. The van der Waals surface area contributed by atoms with Crippen LogP contribution in [-0.2, 0) is 6.42 Å². The second-order valence-electron chi connectivity index (χ2n) is 3.74. The molecule has 1 heterocycles. The van der Waals surface area contributed by atoms with E-state index in [1.165, 1.54) is 5.57 Å². The molecule has 0 bridgehead atoms. The zero-order valence-electron chi connectivity index (χ0n) is 9.21. The van der Waals surface area contributed by atoms with Gasteiger partial charge in [-0.05, 0) is 24.1 Å². The Kier molecular flexibility index (Phi) is 3.96. The van der Waals surface area contributed by atoms with E-state index in [1.54, 1.807) is 0 Å². The van der Waals surface area contributed by atoms with Gasteiger partial charge in [-0.1, -0.05) is 26.3 Å². The number of nitrogens with two attached hydrogens (primary N) is 1. The first-order valence-electron chi connectivity index (χ1n) is 5.16. The van der Waals surface area contributed by atoms with Gasteiger partial charge < -0.3 is 10.2 Å². The molecule has 1 aromatic rings. The van der Waals surface area contributed by atoms with E-state index in [-0.39, 0.29) is 0 Å². The predicted molar refractivity (Wildman–Crippen MR) is 60.0 cm³/mol. The van der Waals surface area contributed by atoms with Gasteiger partial charge in [0.1, 0.15) is 11.5 Å². The normalized spacial score (nSPS) is 12.5. The van der Waals surface area contributed by atoms with Gasteiger partial charge >= 0.3 is 0 Å². The highest BCUT2D eigenvalue weighted by Gasteiger charge is 2.03. The van der Waals surface area contributed by atoms with Crippen LogP contribution in [0.3, 0.4) is 0 Å². The standard InChI is InChI=1S/C12H19NO/c1-4-11-5-6-12(14-11)7-10(8-13)9(2)3/h5-7,9H,4,8,13H2,1-3H3. The summed E-state index contributed by atoms with van der Waals surface area (Å²) in [7, 11) is 0. The summed E-state index contributed by atoms with van der Waals surface area (Å²) in [4.78, 5) is 0. The third kappa shape index (κ3) is 2.74. The van der Waals surface area contributed by atoms with Gasteiger partial charge in [0.05, 0.1) is 0 Å². The molecule has 14 heavy (non-hydrogen) atoms. The number of furan rings is 1. The fourth-order valence-corrected chi connectivity index (χ4v) is 1.31. The molecule has 0 aliphatic carbocycles. The lowest BCUT2D eigenvalue weighted by Gasteiger charge is -2.06. The minimum atomic E-state index is 0.482. The fourth-order valence-electron chi connectivity index (χ4n) is 1.31. The van der Waals surface area contributed by atoms with E-state index < -0.39 is 0 Å². The molecule has 0 aliphatic rings. The van der Waals surface area contributed by atoms with E-state index in [0.717, 1.165) is 17.9 Å². The first kappa shape index (κ1) is 11.1. The lowest BCUT2D eigenvalue weighted by atomic mass is 10.0. The van der Waals surface area contributed by atoms with Crippen LogP contribution >= 0.6 is 0 Å². The van der Waals surface area contributed by atoms with E-state index in [1.807, 2.05) is 18.2 Å². The Bertz CT molecular complexity index is 310. The summed E-state index contributed by atoms with van der Waals surface area (Å²) in [5.41, 5.74) is 6.87. The molecule has 0 aliphatic heterocycles. The molecule has 2 heteroatoms. The van der Waals surface area contributed by atoms with Crippen LogP contribution in [0.25, 0.3) is 6.08 Å². The minimum absolute atomic E-state index is 0.482. The molecule has 0 unspecified atom stereocenters. The Labute approximate surface area is 85.8 Å². The number of hydrogen-bond donors (Lipinski definition) is 1. The number of rotatable bonds is 4. The molecule has 2 nitrogen and oxygen atoms in total. The van der Waals surface area contributed by atoms with Gasteiger partial charge in [-0.25, -0.2) is 0 Å². The molecule has 1 rings (SSSR count). The lowest BCUT2D eigenvalue weighted by Crippen LogP contribution is -2.07. The van der Waals surface area contributed by atoms with E-state index in [9.17, 15) is 0 Å². The molecular weight excluding hydrogens is 174 g/mol. The summed E-state index contributed by atoms with van der Waals surface area (Å²) in [5, 5.41) is 0. The van der Waals surface area contributed by atoms with Crippen LogP contribution in [0.15, 0.2) is 22.1 Å². The SMILES string of the molecule is CCc1ccc(C=C(CN)C(C)C)o1. The van der Waals surface area contributed by atoms with Crippen LogP contribution < -0.4 is 5.73 Å². The van der Waals surface area contributed by atoms with Crippen LogP contribution in [0.1, 0.15) is 32.3 Å². The maximum absolute atomic E-state index is 5.65. The van der Waals surface area contributed by atoms with Crippen molar-refractivity contribution in [1.29, 1.82) is 0 Å². The Morgan fingerprint density at radius 1 is 1.50 bits per heavy atom. The highest BCUT2D eigenvalue weighted by atomic mass is 16.3. The summed E-state index contributed by atoms with van der Waals surface area (Å²) in [5.74, 6) is 2.42. The smallest absolute Gasteiger partial charge is 0.127 e. The molecular formula is C12H19NO. The summed E-state index contributed by atoms with van der Waals surface area (Å²) >= 11 is 0. The highest BCUT2D eigenvalue weighted by molar-refractivity contribution is 5.48. The highest BCUT2D eigenvalue weighted by Crippen LogP contribution is 2.16. The van der Waals surface area contributed by atoms with Crippen molar-refractivity contribution in [1.82, 2.24) is 0 Å². The molecule has 0 aromatic carbocycles. The second kappa shape index (κ2) is 5.01. The minimum Gasteiger partial charge on any atom is -0.462 e. The van der Waals surface area contributed by atoms with Crippen LogP contribution in [0, 0.1) is 5.92 Å². The van der Waals surface area contributed by atoms with Gasteiger partial charge in [-0.15, -0.1) is 0 Å². The van der Waals surface area contributed by atoms with Crippen molar-refractivity contribution < 1.29 is 4.42 Å². The topological polar surface area (TPSA) is 39.2 Å². The summed E-state index contributed by atoms with van der Waals surface area (Å²) < 4.78 is 5.58. The van der Waals surface area contributed by atoms with E-state index >= 15 is 0 Å². The van der Waals surface area contributed by atoms with E-state index in [4.69, 9.17) is 10.2 Å². The first-order chi connectivity index (χ1) is 6.67. The van der Waals surface area contributed by atoms with Gasteiger partial charge in [0.2, 0.25) is 0 Å². The van der Waals surface area contributed by atoms with Crippen molar-refractivity contribution in [3.05, 3.63) is 29.2 Å². The van der Waals surface area contributed by atoms with Crippen LogP contribution in [0.2, 0.25) is 0 Å². The number of hydrogen-bond acceptors (Lipinski definition) is 2. The Hall–Kier alpha value is -1.02. The predicted octanol–water partition coefficient (Wildman–Crippen LogP) is 2.84. The maximum atomic E-state index is 5.65. The number of aryl methyl sites for hydroxylation is 1. The molecule has 0 radical (unpaired) electrons. The van der Waals surface area contributed by atoms with Crippen molar-refractivity contribution in [2.45, 2.75) is 27.2 Å². The van der Waals surface area contributed by atoms with Gasteiger partial charge in [-0.3, -0.25) is 0 Å². The molecule has 0 spiro atoms. The lowest BCUT2D eigenvalue weighted by molar-refractivity contribution is 0.506. The van der Waals surface area contributed by atoms with Crippen LogP contribution in [0.4, 0.5) is 0 Å². The molecule has 1 aromatic heterocycles. The van der Waals surface area contributed by atoms with E-state index in [2.05, 4.69) is 20.8 Å². The van der Waals surface area contributed by atoms with Gasteiger partial charge in [0, 0.05) is 13.0 Å². The van der Waals surface area contributed by atoms with Gasteiger partial charge in [0.25, 0.3) is 0 Å². The average molecular weight is 193 g/mol. The summed E-state index contributed by atoms with van der Waals surface area (Å²) in [6.45, 7) is 6.96. The van der Waals surface area contributed by atoms with Gasteiger partial charge in [0.15, 0.2) is 0 Å². The van der Waals surface area contributed by atoms with Crippen molar-refractivity contribution in [2.24, 2.45) is 11.7 Å². The maximum Gasteiger partial charge on any atom is 0.127 e.